The van der Waals surface area contributed by atoms with Gasteiger partial charge in [0.2, 0.25) is 0 Å². The van der Waals surface area contributed by atoms with Gasteiger partial charge in [-0.15, -0.1) is 0 Å². The van der Waals surface area contributed by atoms with Crippen molar-refractivity contribution in [3.05, 3.63) is 0 Å². The fourth-order valence-electron chi connectivity index (χ4n) is 2.02. The van der Waals surface area contributed by atoms with E-state index in [-0.39, 0.29) is 35.1 Å². The van der Waals surface area contributed by atoms with E-state index < -0.39 is 0 Å². The molecule has 0 amide bonds. The zero-order valence-corrected chi connectivity index (χ0v) is 13.0. The molecule has 0 saturated carbocycles. The van der Waals surface area contributed by atoms with Gasteiger partial charge in [-0.3, -0.25) is 14.4 Å². The summed E-state index contributed by atoms with van der Waals surface area (Å²) in [6.45, 7) is 9.34. The van der Waals surface area contributed by atoms with Crippen molar-refractivity contribution in [3.63, 3.8) is 0 Å². The third-order valence-electron chi connectivity index (χ3n) is 3.36. The van der Waals surface area contributed by atoms with E-state index in [1.54, 1.807) is 0 Å². The minimum absolute atomic E-state index is 0.00790. The van der Waals surface area contributed by atoms with Gasteiger partial charge in [0.1, 0.15) is 17.3 Å². The van der Waals surface area contributed by atoms with Gasteiger partial charge < -0.3 is 0 Å². The van der Waals surface area contributed by atoms with Crippen LogP contribution in [0.4, 0.5) is 0 Å². The van der Waals surface area contributed by atoms with E-state index in [9.17, 15) is 14.4 Å². The van der Waals surface area contributed by atoms with Gasteiger partial charge in [-0.1, -0.05) is 34.6 Å². The van der Waals surface area contributed by atoms with Crippen LogP contribution in [0.1, 0.15) is 66.7 Å². The monoisotopic (exact) mass is 268 g/mol. The number of carbonyl (C=O) groups is 3. The molecule has 0 rings (SSSR count). The molecule has 3 nitrogen and oxygen atoms in total. The number of ketones is 3. The van der Waals surface area contributed by atoms with Gasteiger partial charge in [0.25, 0.3) is 0 Å². The van der Waals surface area contributed by atoms with Crippen LogP contribution in [0.15, 0.2) is 0 Å². The highest BCUT2D eigenvalue weighted by atomic mass is 16.1. The highest BCUT2D eigenvalue weighted by molar-refractivity contribution is 5.88. The highest BCUT2D eigenvalue weighted by Crippen LogP contribution is 2.14. The lowest BCUT2D eigenvalue weighted by molar-refractivity contribution is -0.129. The maximum absolute atomic E-state index is 11.7. The first-order chi connectivity index (χ1) is 8.75. The summed E-state index contributed by atoms with van der Waals surface area (Å²) in [5.41, 5.74) is 0. The first-order valence-corrected chi connectivity index (χ1v) is 7.33. The van der Waals surface area contributed by atoms with Crippen molar-refractivity contribution in [1.29, 1.82) is 0 Å². The Labute approximate surface area is 117 Å². The third kappa shape index (κ3) is 7.91. The highest BCUT2D eigenvalue weighted by Gasteiger charge is 2.19. The molecule has 3 heteroatoms. The van der Waals surface area contributed by atoms with Gasteiger partial charge in [-0.2, -0.15) is 0 Å². The second kappa shape index (κ2) is 9.00. The Hall–Kier alpha value is -0.990. The molecule has 0 spiro atoms. The summed E-state index contributed by atoms with van der Waals surface area (Å²) in [6, 6.07) is 0. The smallest absolute Gasteiger partial charge is 0.138 e. The molecule has 0 N–H and O–H groups in total. The lowest BCUT2D eigenvalue weighted by Gasteiger charge is -2.12. The molecule has 0 aliphatic carbocycles. The van der Waals surface area contributed by atoms with Crippen LogP contribution >= 0.6 is 0 Å². The van der Waals surface area contributed by atoms with Gasteiger partial charge >= 0.3 is 0 Å². The molecule has 0 heterocycles. The van der Waals surface area contributed by atoms with Crippen LogP contribution in [0, 0.1) is 17.8 Å². The number of carbonyl (C=O) groups excluding carboxylic acids is 3. The number of hydrogen-bond acceptors (Lipinski definition) is 3. The molecular formula is C16H28O3. The maximum Gasteiger partial charge on any atom is 0.138 e. The summed E-state index contributed by atoms with van der Waals surface area (Å²) >= 11 is 0. The molecule has 0 saturated heterocycles. The predicted octanol–water partition coefficient (Wildman–Crippen LogP) is 3.59. The zero-order valence-electron chi connectivity index (χ0n) is 13.0. The minimum Gasteiger partial charge on any atom is -0.300 e. The zero-order chi connectivity index (χ0) is 15.0. The minimum atomic E-state index is -0.176. The Morgan fingerprint density at radius 1 is 0.789 bits per heavy atom. The number of hydrogen-bond donors (Lipinski definition) is 0. The van der Waals surface area contributed by atoms with E-state index in [0.717, 1.165) is 12.8 Å². The second-order valence-corrected chi connectivity index (χ2v) is 6.03. The standard InChI is InChI=1S/C16H28O3/c1-11(2)15(18)9-7-6-8-14(17)10-13(5)16(19)12(3)4/h11-13H,6-10H2,1-5H3/t13-/m1/s1. The average Bonchev–Trinajstić information content (AvgIpc) is 2.32. The van der Waals surface area contributed by atoms with Gasteiger partial charge in [0.05, 0.1) is 0 Å². The van der Waals surface area contributed by atoms with Crippen LogP contribution in [0.3, 0.4) is 0 Å². The Morgan fingerprint density at radius 2 is 1.32 bits per heavy atom. The van der Waals surface area contributed by atoms with E-state index >= 15 is 0 Å². The Balaban J connectivity index is 3.82. The van der Waals surface area contributed by atoms with Crippen molar-refractivity contribution < 1.29 is 14.4 Å². The van der Waals surface area contributed by atoms with E-state index in [4.69, 9.17) is 0 Å². The molecule has 0 fully saturated rings. The maximum atomic E-state index is 11.7. The summed E-state index contributed by atoms with van der Waals surface area (Å²) in [5, 5.41) is 0. The topological polar surface area (TPSA) is 51.2 Å². The molecule has 0 radical (unpaired) electrons. The molecule has 19 heavy (non-hydrogen) atoms. The average molecular weight is 268 g/mol. The summed E-state index contributed by atoms with van der Waals surface area (Å²) in [5.74, 6) is 0.452. The Kier molecular flexibility index (Phi) is 8.53. The van der Waals surface area contributed by atoms with Crippen molar-refractivity contribution in [2.24, 2.45) is 17.8 Å². The molecule has 0 aliphatic rings. The SMILES string of the molecule is CC(C)C(=O)CCCCC(=O)C[C@@H](C)C(=O)C(C)C. The fourth-order valence-corrected chi connectivity index (χ4v) is 2.02. The summed E-state index contributed by atoms with van der Waals surface area (Å²) < 4.78 is 0. The quantitative estimate of drug-likeness (QED) is 0.569. The van der Waals surface area contributed by atoms with E-state index in [1.165, 1.54) is 0 Å². The molecule has 110 valence electrons. The number of unbranched alkanes of at least 4 members (excludes halogenated alkanes) is 1. The molecule has 1 atom stereocenters. The van der Waals surface area contributed by atoms with Crippen LogP contribution in [0.5, 0.6) is 0 Å². The largest absolute Gasteiger partial charge is 0.300 e. The van der Waals surface area contributed by atoms with Crippen molar-refractivity contribution in [3.8, 4) is 0 Å². The molecule has 0 bridgehead atoms. The molecule has 0 aromatic rings. The normalized spacial score (nSPS) is 12.8. The van der Waals surface area contributed by atoms with Crippen LogP contribution < -0.4 is 0 Å². The molecule has 0 unspecified atom stereocenters. The van der Waals surface area contributed by atoms with Crippen molar-refractivity contribution in [1.82, 2.24) is 0 Å². The van der Waals surface area contributed by atoms with Crippen LogP contribution in [0.25, 0.3) is 0 Å². The van der Waals surface area contributed by atoms with Crippen molar-refractivity contribution >= 4 is 17.3 Å². The van der Waals surface area contributed by atoms with E-state index in [2.05, 4.69) is 0 Å². The number of rotatable bonds is 10. The lowest BCUT2D eigenvalue weighted by Crippen LogP contribution is -2.20. The van der Waals surface area contributed by atoms with Crippen molar-refractivity contribution in [2.45, 2.75) is 66.7 Å². The molecule has 0 aromatic heterocycles. The first-order valence-electron chi connectivity index (χ1n) is 7.33. The molecule has 0 aliphatic heterocycles. The second-order valence-electron chi connectivity index (χ2n) is 6.03. The summed E-state index contributed by atoms with van der Waals surface area (Å²) in [4.78, 5) is 34.8. The summed E-state index contributed by atoms with van der Waals surface area (Å²) in [7, 11) is 0. The van der Waals surface area contributed by atoms with Gasteiger partial charge in [-0.05, 0) is 12.8 Å². The van der Waals surface area contributed by atoms with Crippen molar-refractivity contribution in [2.75, 3.05) is 0 Å². The third-order valence-corrected chi connectivity index (χ3v) is 3.36. The first kappa shape index (κ1) is 18.0. The van der Waals surface area contributed by atoms with Crippen LogP contribution in [-0.4, -0.2) is 17.3 Å². The fraction of sp³-hybridized carbons (Fsp3) is 0.812. The van der Waals surface area contributed by atoms with Crippen LogP contribution in [-0.2, 0) is 14.4 Å². The van der Waals surface area contributed by atoms with Crippen LogP contribution in [0.2, 0.25) is 0 Å². The Morgan fingerprint density at radius 3 is 1.79 bits per heavy atom. The van der Waals surface area contributed by atoms with E-state index in [0.29, 0.717) is 19.3 Å². The van der Waals surface area contributed by atoms with Gasteiger partial charge in [-0.25, -0.2) is 0 Å². The lowest BCUT2D eigenvalue weighted by atomic mass is 9.91. The molecule has 0 aromatic carbocycles. The predicted molar refractivity (Wildman–Crippen MR) is 76.9 cm³/mol. The van der Waals surface area contributed by atoms with Gasteiger partial charge in [0, 0.05) is 37.0 Å². The summed E-state index contributed by atoms with van der Waals surface area (Å²) in [6.07, 6.45) is 2.91. The molecular weight excluding hydrogens is 240 g/mol. The Bertz CT molecular complexity index is 316. The van der Waals surface area contributed by atoms with E-state index in [1.807, 2.05) is 34.6 Å². The van der Waals surface area contributed by atoms with Gasteiger partial charge in [0.15, 0.2) is 0 Å². The number of Topliss-reactive ketones (excluding diaryl/α,β-unsaturated/α-hetero) is 3.